The Labute approximate surface area is 74.6 Å². The highest BCUT2D eigenvalue weighted by atomic mass is 19.1. The Kier molecular flexibility index (Phi) is 1.73. The van der Waals surface area contributed by atoms with Gasteiger partial charge in [-0.15, -0.1) is 0 Å². The monoisotopic (exact) mass is 177 g/mol. The van der Waals surface area contributed by atoms with Crippen LogP contribution >= 0.6 is 0 Å². The Morgan fingerprint density at radius 1 is 1.31 bits per heavy atom. The Hall–Kier alpha value is -1.84. The second kappa shape index (κ2) is 2.90. The molecule has 0 atom stereocenters. The summed E-state index contributed by atoms with van der Waals surface area (Å²) in [5.41, 5.74) is 6.29. The van der Waals surface area contributed by atoms with Crippen molar-refractivity contribution in [3.63, 3.8) is 0 Å². The van der Waals surface area contributed by atoms with Gasteiger partial charge in [0.05, 0.1) is 5.69 Å². The number of rotatable bonds is 1. The number of benzene rings is 1. The first-order chi connectivity index (χ1) is 6.29. The number of nitrogens with two attached hydrogens (primary N) is 1. The third kappa shape index (κ3) is 1.26. The second-order valence-corrected chi connectivity index (χ2v) is 2.63. The van der Waals surface area contributed by atoms with E-state index in [2.05, 4.69) is 5.10 Å². The highest BCUT2D eigenvalue weighted by Gasteiger charge is 2.07. The molecule has 2 N–H and O–H groups in total. The lowest BCUT2D eigenvalue weighted by Crippen LogP contribution is -2.02. The third-order valence-corrected chi connectivity index (χ3v) is 1.75. The molecular weight excluding hydrogens is 169 g/mol. The number of nitrogens with zero attached hydrogens (tertiary/aromatic N) is 2. The van der Waals surface area contributed by atoms with Crippen molar-refractivity contribution in [3.05, 3.63) is 42.5 Å². The number of halogens is 1. The van der Waals surface area contributed by atoms with Gasteiger partial charge in [-0.1, -0.05) is 6.07 Å². The van der Waals surface area contributed by atoms with E-state index in [0.29, 0.717) is 11.4 Å². The lowest BCUT2D eigenvalue weighted by Gasteiger charge is -2.05. The molecule has 2 aromatic rings. The Balaban J connectivity index is 2.64. The molecule has 0 saturated carbocycles. The molecule has 0 bridgehead atoms. The summed E-state index contributed by atoms with van der Waals surface area (Å²) in [6.07, 6.45) is 3.22. The van der Waals surface area contributed by atoms with Crippen LogP contribution in [0.3, 0.4) is 0 Å². The molecule has 0 aliphatic heterocycles. The fraction of sp³-hybridized carbons (Fsp3) is 0. The van der Waals surface area contributed by atoms with Crippen molar-refractivity contribution in [2.75, 3.05) is 5.73 Å². The second-order valence-electron chi connectivity index (χ2n) is 2.63. The third-order valence-electron chi connectivity index (χ3n) is 1.75. The molecule has 0 aliphatic carbocycles. The summed E-state index contributed by atoms with van der Waals surface area (Å²) in [6.45, 7) is 0. The van der Waals surface area contributed by atoms with Crippen molar-refractivity contribution in [1.29, 1.82) is 0 Å². The zero-order chi connectivity index (χ0) is 9.26. The molecule has 0 amide bonds. The van der Waals surface area contributed by atoms with Crippen LogP contribution in [0, 0.1) is 5.82 Å². The van der Waals surface area contributed by atoms with Gasteiger partial charge in [0.2, 0.25) is 0 Å². The molecule has 0 aliphatic rings. The van der Waals surface area contributed by atoms with Gasteiger partial charge in [-0.2, -0.15) is 5.10 Å². The van der Waals surface area contributed by atoms with Crippen molar-refractivity contribution < 1.29 is 4.39 Å². The van der Waals surface area contributed by atoms with Crippen molar-refractivity contribution in [2.24, 2.45) is 0 Å². The van der Waals surface area contributed by atoms with Crippen LogP contribution in [0.2, 0.25) is 0 Å². The number of para-hydroxylation sites is 1. The Morgan fingerprint density at radius 3 is 2.77 bits per heavy atom. The first-order valence-corrected chi connectivity index (χ1v) is 3.83. The van der Waals surface area contributed by atoms with Crippen LogP contribution in [0.1, 0.15) is 0 Å². The fourth-order valence-electron chi connectivity index (χ4n) is 1.17. The molecule has 2 rings (SSSR count). The minimum absolute atomic E-state index is 0.299. The normalized spacial score (nSPS) is 10.2. The molecule has 1 aromatic carbocycles. The summed E-state index contributed by atoms with van der Waals surface area (Å²) in [5, 5.41) is 3.90. The van der Waals surface area contributed by atoms with Crippen LogP contribution in [0.4, 0.5) is 10.1 Å². The molecule has 13 heavy (non-hydrogen) atoms. The molecule has 1 heterocycles. The molecule has 66 valence electrons. The predicted octanol–water partition coefficient (Wildman–Crippen LogP) is 1.59. The van der Waals surface area contributed by atoms with Gasteiger partial charge in [0.1, 0.15) is 5.69 Å². The maximum Gasteiger partial charge on any atom is 0.150 e. The fourth-order valence-corrected chi connectivity index (χ4v) is 1.17. The molecular formula is C9H8FN3. The summed E-state index contributed by atoms with van der Waals surface area (Å²) in [7, 11) is 0. The first kappa shape index (κ1) is 7.79. The van der Waals surface area contributed by atoms with E-state index in [1.54, 1.807) is 30.6 Å². The van der Waals surface area contributed by atoms with Crippen molar-refractivity contribution >= 4 is 5.69 Å². The molecule has 0 saturated heterocycles. The van der Waals surface area contributed by atoms with Crippen LogP contribution in [-0.2, 0) is 0 Å². The highest BCUT2D eigenvalue weighted by Crippen LogP contribution is 2.19. The zero-order valence-corrected chi connectivity index (χ0v) is 6.81. The Morgan fingerprint density at radius 2 is 2.15 bits per heavy atom. The number of hydrogen-bond acceptors (Lipinski definition) is 2. The standard InChI is InChI=1S/C9H8FN3/c10-7-3-1-4-8(11)9(7)13-6-2-5-12-13/h1-6H,11H2. The first-order valence-electron chi connectivity index (χ1n) is 3.83. The summed E-state index contributed by atoms with van der Waals surface area (Å²) in [6, 6.07) is 6.27. The van der Waals surface area contributed by atoms with Gasteiger partial charge in [0.25, 0.3) is 0 Å². The van der Waals surface area contributed by atoms with Crippen LogP contribution in [0.15, 0.2) is 36.7 Å². The van der Waals surface area contributed by atoms with Crippen LogP contribution < -0.4 is 5.73 Å². The van der Waals surface area contributed by atoms with Gasteiger partial charge in [-0.3, -0.25) is 0 Å². The smallest absolute Gasteiger partial charge is 0.150 e. The minimum atomic E-state index is -0.372. The van der Waals surface area contributed by atoms with E-state index < -0.39 is 0 Å². The largest absolute Gasteiger partial charge is 0.397 e. The molecule has 3 nitrogen and oxygen atoms in total. The summed E-state index contributed by atoms with van der Waals surface area (Å²) >= 11 is 0. The van der Waals surface area contributed by atoms with E-state index in [9.17, 15) is 4.39 Å². The molecule has 0 spiro atoms. The lowest BCUT2D eigenvalue weighted by atomic mass is 10.2. The van der Waals surface area contributed by atoms with Gasteiger partial charge < -0.3 is 5.73 Å². The molecule has 1 aromatic heterocycles. The van der Waals surface area contributed by atoms with Gasteiger partial charge in [-0.05, 0) is 18.2 Å². The highest BCUT2D eigenvalue weighted by molar-refractivity contribution is 5.57. The summed E-state index contributed by atoms with van der Waals surface area (Å²) < 4.78 is 14.7. The number of nitrogen functional groups attached to an aromatic ring is 1. The maximum absolute atomic E-state index is 13.3. The minimum Gasteiger partial charge on any atom is -0.397 e. The van der Waals surface area contributed by atoms with Crippen LogP contribution in [0.5, 0.6) is 0 Å². The predicted molar refractivity (Wildman–Crippen MR) is 47.9 cm³/mol. The summed E-state index contributed by atoms with van der Waals surface area (Å²) in [5.74, 6) is -0.372. The van der Waals surface area contributed by atoms with Crippen LogP contribution in [-0.4, -0.2) is 9.78 Å². The topological polar surface area (TPSA) is 43.8 Å². The van der Waals surface area contributed by atoms with Gasteiger partial charge in [0, 0.05) is 12.4 Å². The van der Waals surface area contributed by atoms with Crippen molar-refractivity contribution in [2.45, 2.75) is 0 Å². The van der Waals surface area contributed by atoms with E-state index in [1.807, 2.05) is 0 Å². The van der Waals surface area contributed by atoms with E-state index in [1.165, 1.54) is 10.7 Å². The number of aromatic nitrogens is 2. The van der Waals surface area contributed by atoms with Gasteiger partial charge in [-0.25, -0.2) is 9.07 Å². The van der Waals surface area contributed by atoms with Crippen molar-refractivity contribution in [3.8, 4) is 5.69 Å². The number of anilines is 1. The van der Waals surface area contributed by atoms with E-state index in [-0.39, 0.29) is 5.82 Å². The van der Waals surface area contributed by atoms with Crippen molar-refractivity contribution in [1.82, 2.24) is 9.78 Å². The molecule has 4 heteroatoms. The van der Waals surface area contributed by atoms with Gasteiger partial charge >= 0.3 is 0 Å². The van der Waals surface area contributed by atoms with E-state index >= 15 is 0 Å². The summed E-state index contributed by atoms with van der Waals surface area (Å²) in [4.78, 5) is 0. The SMILES string of the molecule is Nc1cccc(F)c1-n1cccn1. The van der Waals surface area contributed by atoms with Gasteiger partial charge in [0.15, 0.2) is 5.82 Å². The zero-order valence-electron chi connectivity index (χ0n) is 6.81. The van der Waals surface area contributed by atoms with E-state index in [4.69, 9.17) is 5.73 Å². The lowest BCUT2D eigenvalue weighted by molar-refractivity contribution is 0.612. The van der Waals surface area contributed by atoms with Crippen LogP contribution in [0.25, 0.3) is 5.69 Å². The maximum atomic E-state index is 13.3. The number of hydrogen-bond donors (Lipinski definition) is 1. The molecule has 0 fully saturated rings. The molecule has 0 radical (unpaired) electrons. The quantitative estimate of drug-likeness (QED) is 0.672. The molecule has 0 unspecified atom stereocenters. The average molecular weight is 177 g/mol. The average Bonchev–Trinajstić information content (AvgIpc) is 2.57. The van der Waals surface area contributed by atoms with E-state index in [0.717, 1.165) is 0 Å². The Bertz CT molecular complexity index is 389.